The van der Waals surface area contributed by atoms with Crippen molar-refractivity contribution in [2.24, 2.45) is 0 Å². The molecule has 1 amide bonds. The normalized spacial score (nSPS) is 12.2. The summed E-state index contributed by atoms with van der Waals surface area (Å²) >= 11 is 0. The van der Waals surface area contributed by atoms with Gasteiger partial charge in [-0.25, -0.2) is 0 Å². The van der Waals surface area contributed by atoms with Crippen LogP contribution in [0, 0.1) is 13.8 Å². The molecule has 0 saturated carbocycles. The van der Waals surface area contributed by atoms with Gasteiger partial charge in [-0.3, -0.25) is 9.48 Å². The van der Waals surface area contributed by atoms with E-state index in [0.717, 1.165) is 16.9 Å². The van der Waals surface area contributed by atoms with E-state index < -0.39 is 0 Å². The average molecular weight is 258 g/mol. The molecule has 0 fully saturated rings. The summed E-state index contributed by atoms with van der Waals surface area (Å²) in [6.07, 6.45) is 1.80. The van der Waals surface area contributed by atoms with Crippen LogP contribution in [-0.2, 0) is 4.79 Å². The molecule has 1 heterocycles. The van der Waals surface area contributed by atoms with Crippen molar-refractivity contribution in [3.63, 3.8) is 0 Å². The van der Waals surface area contributed by atoms with Crippen molar-refractivity contribution in [2.45, 2.75) is 26.8 Å². The Balaban J connectivity index is 2.15. The van der Waals surface area contributed by atoms with Crippen LogP contribution < -0.4 is 11.1 Å². The van der Waals surface area contributed by atoms with E-state index in [1.54, 1.807) is 10.9 Å². The zero-order valence-corrected chi connectivity index (χ0v) is 11.3. The fourth-order valence-corrected chi connectivity index (χ4v) is 1.79. The SMILES string of the molecule is Cc1ccn(C(C)C(=O)Nc2cccc(N)c2C)n1. The van der Waals surface area contributed by atoms with E-state index in [2.05, 4.69) is 10.4 Å². The molecule has 0 radical (unpaired) electrons. The number of carbonyl (C=O) groups is 1. The van der Waals surface area contributed by atoms with Gasteiger partial charge in [-0.15, -0.1) is 0 Å². The topological polar surface area (TPSA) is 72.9 Å². The summed E-state index contributed by atoms with van der Waals surface area (Å²) in [5.74, 6) is -0.114. The van der Waals surface area contributed by atoms with Crippen molar-refractivity contribution >= 4 is 17.3 Å². The highest BCUT2D eigenvalue weighted by Gasteiger charge is 2.16. The van der Waals surface area contributed by atoms with Gasteiger partial charge in [-0.05, 0) is 44.5 Å². The molecule has 0 saturated heterocycles. The van der Waals surface area contributed by atoms with E-state index in [4.69, 9.17) is 5.73 Å². The lowest BCUT2D eigenvalue weighted by Gasteiger charge is -2.15. The molecule has 2 rings (SSSR count). The van der Waals surface area contributed by atoms with E-state index >= 15 is 0 Å². The first-order valence-electron chi connectivity index (χ1n) is 6.16. The third-order valence-corrected chi connectivity index (χ3v) is 3.15. The minimum absolute atomic E-state index is 0.114. The Morgan fingerprint density at radius 2 is 2.11 bits per heavy atom. The van der Waals surface area contributed by atoms with E-state index in [9.17, 15) is 4.79 Å². The maximum absolute atomic E-state index is 12.2. The van der Waals surface area contributed by atoms with E-state index in [-0.39, 0.29) is 11.9 Å². The molecule has 0 aliphatic carbocycles. The Kier molecular flexibility index (Phi) is 3.55. The summed E-state index contributed by atoms with van der Waals surface area (Å²) in [5.41, 5.74) is 8.99. The Morgan fingerprint density at radius 3 is 2.74 bits per heavy atom. The minimum atomic E-state index is -0.366. The highest BCUT2D eigenvalue weighted by atomic mass is 16.2. The molecule has 0 aliphatic heterocycles. The Morgan fingerprint density at radius 1 is 1.37 bits per heavy atom. The average Bonchev–Trinajstić information content (AvgIpc) is 2.80. The quantitative estimate of drug-likeness (QED) is 0.829. The second-order valence-corrected chi connectivity index (χ2v) is 4.62. The summed E-state index contributed by atoms with van der Waals surface area (Å²) in [7, 11) is 0. The van der Waals surface area contributed by atoms with Crippen molar-refractivity contribution in [3.8, 4) is 0 Å². The summed E-state index contributed by atoms with van der Waals surface area (Å²) in [6.45, 7) is 5.58. The molecule has 3 N–H and O–H groups in total. The van der Waals surface area contributed by atoms with Crippen LogP contribution >= 0.6 is 0 Å². The number of hydrogen-bond donors (Lipinski definition) is 2. The fourth-order valence-electron chi connectivity index (χ4n) is 1.79. The molecule has 100 valence electrons. The van der Waals surface area contributed by atoms with Gasteiger partial charge in [0.2, 0.25) is 5.91 Å². The first-order valence-corrected chi connectivity index (χ1v) is 6.16. The summed E-state index contributed by atoms with van der Waals surface area (Å²) in [6, 6.07) is 6.97. The van der Waals surface area contributed by atoms with Crippen LogP contribution in [0.4, 0.5) is 11.4 Å². The summed E-state index contributed by atoms with van der Waals surface area (Å²) in [4.78, 5) is 12.2. The second-order valence-electron chi connectivity index (χ2n) is 4.62. The standard InChI is InChI=1S/C14H18N4O/c1-9-7-8-18(17-9)11(3)14(19)16-13-6-4-5-12(15)10(13)2/h4-8,11H,15H2,1-3H3,(H,16,19). The highest BCUT2D eigenvalue weighted by Crippen LogP contribution is 2.21. The second kappa shape index (κ2) is 5.14. The van der Waals surface area contributed by atoms with Crippen molar-refractivity contribution < 1.29 is 4.79 Å². The zero-order chi connectivity index (χ0) is 14.0. The Labute approximate surface area is 112 Å². The maximum Gasteiger partial charge on any atom is 0.248 e. The number of amides is 1. The molecule has 5 heteroatoms. The molecule has 1 aromatic carbocycles. The summed E-state index contributed by atoms with van der Waals surface area (Å²) in [5, 5.41) is 7.12. The first-order chi connectivity index (χ1) is 8.99. The fraction of sp³-hybridized carbons (Fsp3) is 0.286. The zero-order valence-electron chi connectivity index (χ0n) is 11.3. The molecule has 0 spiro atoms. The van der Waals surface area contributed by atoms with Crippen LogP contribution in [-0.4, -0.2) is 15.7 Å². The number of benzene rings is 1. The first kappa shape index (κ1) is 13.1. The van der Waals surface area contributed by atoms with Gasteiger partial charge in [0.05, 0.1) is 5.69 Å². The predicted molar refractivity (Wildman–Crippen MR) is 75.9 cm³/mol. The minimum Gasteiger partial charge on any atom is -0.398 e. The number of nitrogens with two attached hydrogens (primary N) is 1. The molecule has 0 aliphatic rings. The third kappa shape index (κ3) is 2.76. The van der Waals surface area contributed by atoms with E-state index in [1.807, 2.05) is 45.0 Å². The van der Waals surface area contributed by atoms with Gasteiger partial charge < -0.3 is 11.1 Å². The number of aromatic nitrogens is 2. The maximum atomic E-state index is 12.2. The lowest BCUT2D eigenvalue weighted by atomic mass is 10.1. The van der Waals surface area contributed by atoms with Gasteiger partial charge in [0.25, 0.3) is 0 Å². The molecule has 1 atom stereocenters. The molecule has 19 heavy (non-hydrogen) atoms. The van der Waals surface area contributed by atoms with Crippen LogP contribution in [0.15, 0.2) is 30.5 Å². The highest BCUT2D eigenvalue weighted by molar-refractivity contribution is 5.94. The molecule has 0 bridgehead atoms. The van der Waals surface area contributed by atoms with Gasteiger partial charge in [0.15, 0.2) is 0 Å². The van der Waals surface area contributed by atoms with E-state index in [0.29, 0.717) is 5.69 Å². The van der Waals surface area contributed by atoms with Crippen molar-refractivity contribution in [1.29, 1.82) is 0 Å². The molecule has 2 aromatic rings. The van der Waals surface area contributed by atoms with Gasteiger partial charge in [-0.1, -0.05) is 6.07 Å². The van der Waals surface area contributed by atoms with E-state index in [1.165, 1.54) is 0 Å². The lowest BCUT2D eigenvalue weighted by Crippen LogP contribution is -2.24. The van der Waals surface area contributed by atoms with Crippen LogP contribution in [0.2, 0.25) is 0 Å². The number of nitrogens with one attached hydrogen (secondary N) is 1. The number of aryl methyl sites for hydroxylation is 1. The predicted octanol–water partition coefficient (Wildman–Crippen LogP) is 2.28. The number of nitrogens with zero attached hydrogens (tertiary/aromatic N) is 2. The number of carbonyl (C=O) groups excluding carboxylic acids is 1. The van der Waals surface area contributed by atoms with Gasteiger partial charge >= 0.3 is 0 Å². The smallest absolute Gasteiger partial charge is 0.248 e. The van der Waals surface area contributed by atoms with Crippen molar-refractivity contribution in [1.82, 2.24) is 9.78 Å². The molecule has 5 nitrogen and oxygen atoms in total. The van der Waals surface area contributed by atoms with Crippen LogP contribution in [0.25, 0.3) is 0 Å². The Bertz CT molecular complexity index is 603. The molecule has 1 aromatic heterocycles. The third-order valence-electron chi connectivity index (χ3n) is 3.15. The summed E-state index contributed by atoms with van der Waals surface area (Å²) < 4.78 is 1.65. The van der Waals surface area contributed by atoms with Gasteiger partial charge in [-0.2, -0.15) is 5.10 Å². The molecular weight excluding hydrogens is 240 g/mol. The number of anilines is 2. The van der Waals surface area contributed by atoms with Gasteiger partial charge in [0, 0.05) is 17.6 Å². The van der Waals surface area contributed by atoms with Crippen molar-refractivity contribution in [3.05, 3.63) is 41.7 Å². The van der Waals surface area contributed by atoms with Crippen LogP contribution in [0.1, 0.15) is 24.2 Å². The number of hydrogen-bond acceptors (Lipinski definition) is 3. The molecular formula is C14H18N4O. The lowest BCUT2D eigenvalue weighted by molar-refractivity contribution is -0.119. The van der Waals surface area contributed by atoms with Gasteiger partial charge in [0.1, 0.15) is 6.04 Å². The Hall–Kier alpha value is -2.30. The van der Waals surface area contributed by atoms with Crippen LogP contribution in [0.5, 0.6) is 0 Å². The number of rotatable bonds is 3. The monoisotopic (exact) mass is 258 g/mol. The van der Waals surface area contributed by atoms with Crippen molar-refractivity contribution in [2.75, 3.05) is 11.1 Å². The van der Waals surface area contributed by atoms with Crippen LogP contribution in [0.3, 0.4) is 0 Å². The molecule has 1 unspecified atom stereocenters. The number of nitrogen functional groups attached to an aromatic ring is 1. The largest absolute Gasteiger partial charge is 0.398 e.